The van der Waals surface area contributed by atoms with Crippen LogP contribution in [0.5, 0.6) is 0 Å². The minimum atomic E-state index is -0.487. The monoisotopic (exact) mass is 392 g/mol. The van der Waals surface area contributed by atoms with E-state index < -0.39 is 5.91 Å². The lowest BCUT2D eigenvalue weighted by Crippen LogP contribution is -2.19. The van der Waals surface area contributed by atoms with Gasteiger partial charge in [-0.2, -0.15) is 10.2 Å². The molecule has 0 radical (unpaired) electrons. The highest BCUT2D eigenvalue weighted by Gasteiger charge is 2.10. The van der Waals surface area contributed by atoms with Crippen molar-refractivity contribution in [1.82, 2.24) is 15.6 Å². The highest BCUT2D eigenvalue weighted by Crippen LogP contribution is 2.17. The van der Waals surface area contributed by atoms with Crippen LogP contribution in [0.2, 0.25) is 5.02 Å². The number of nitrogens with zero attached hydrogens (tertiary/aromatic N) is 2. The summed E-state index contributed by atoms with van der Waals surface area (Å²) in [6.07, 6.45) is 2.50. The summed E-state index contributed by atoms with van der Waals surface area (Å²) in [5, 5.41) is 11.4. The summed E-state index contributed by atoms with van der Waals surface area (Å²) in [5.41, 5.74) is 4.43. The molecule has 138 valence electrons. The first kappa shape index (κ1) is 17.7. The van der Waals surface area contributed by atoms with Gasteiger partial charge in [0.1, 0.15) is 17.5 Å². The zero-order chi connectivity index (χ0) is 19.5. The number of benzene rings is 2. The SMILES string of the molecule is O=C(N/N=C/c1coc2ccc(Cl)cc2c1=O)c1cc(-c2ccccc2)n[nH]1. The Morgan fingerprint density at radius 1 is 1.18 bits per heavy atom. The Morgan fingerprint density at radius 3 is 2.82 bits per heavy atom. The molecule has 0 spiro atoms. The second-order valence-corrected chi connectivity index (χ2v) is 6.33. The van der Waals surface area contributed by atoms with Crippen LogP contribution < -0.4 is 10.9 Å². The van der Waals surface area contributed by atoms with Gasteiger partial charge in [-0.05, 0) is 24.3 Å². The molecule has 0 aliphatic rings. The predicted molar refractivity (Wildman–Crippen MR) is 107 cm³/mol. The lowest BCUT2D eigenvalue weighted by Gasteiger charge is -1.99. The first-order chi connectivity index (χ1) is 13.6. The second kappa shape index (κ2) is 7.50. The van der Waals surface area contributed by atoms with E-state index in [4.69, 9.17) is 16.0 Å². The summed E-state index contributed by atoms with van der Waals surface area (Å²) in [6, 6.07) is 15.8. The lowest BCUT2D eigenvalue weighted by molar-refractivity contribution is 0.0950. The quantitative estimate of drug-likeness (QED) is 0.409. The molecule has 2 heterocycles. The Labute approximate surface area is 163 Å². The number of rotatable bonds is 4. The number of halogens is 1. The van der Waals surface area contributed by atoms with Crippen molar-refractivity contribution in [3.63, 3.8) is 0 Å². The van der Waals surface area contributed by atoms with E-state index in [2.05, 4.69) is 20.7 Å². The Hall–Kier alpha value is -3.71. The first-order valence-electron chi connectivity index (χ1n) is 8.27. The number of amides is 1. The van der Waals surface area contributed by atoms with Gasteiger partial charge in [-0.3, -0.25) is 14.7 Å². The van der Waals surface area contributed by atoms with E-state index in [0.717, 1.165) is 5.56 Å². The average Bonchev–Trinajstić information content (AvgIpc) is 3.21. The van der Waals surface area contributed by atoms with Crippen molar-refractivity contribution in [2.75, 3.05) is 0 Å². The van der Waals surface area contributed by atoms with Crippen LogP contribution in [0, 0.1) is 0 Å². The number of aromatic nitrogens is 2. The van der Waals surface area contributed by atoms with Crippen molar-refractivity contribution in [1.29, 1.82) is 0 Å². The fourth-order valence-electron chi connectivity index (χ4n) is 2.62. The van der Waals surface area contributed by atoms with Crippen LogP contribution in [0.4, 0.5) is 0 Å². The maximum atomic E-state index is 12.4. The summed E-state index contributed by atoms with van der Waals surface area (Å²) in [5.74, 6) is -0.487. The van der Waals surface area contributed by atoms with Crippen LogP contribution in [-0.4, -0.2) is 22.3 Å². The van der Waals surface area contributed by atoms with E-state index in [1.54, 1.807) is 18.2 Å². The number of H-pyrrole nitrogens is 1. The van der Waals surface area contributed by atoms with Crippen molar-refractivity contribution in [2.24, 2.45) is 5.10 Å². The van der Waals surface area contributed by atoms with Gasteiger partial charge < -0.3 is 4.42 Å². The minimum absolute atomic E-state index is 0.185. The fraction of sp³-hybridized carbons (Fsp3) is 0. The number of hydrogen-bond acceptors (Lipinski definition) is 5. The zero-order valence-electron chi connectivity index (χ0n) is 14.3. The summed E-state index contributed by atoms with van der Waals surface area (Å²) in [6.45, 7) is 0. The molecule has 28 heavy (non-hydrogen) atoms. The van der Waals surface area contributed by atoms with E-state index in [0.29, 0.717) is 21.7 Å². The number of aromatic amines is 1. The van der Waals surface area contributed by atoms with Crippen LogP contribution in [0.3, 0.4) is 0 Å². The maximum absolute atomic E-state index is 12.4. The van der Waals surface area contributed by atoms with Gasteiger partial charge in [0, 0.05) is 10.6 Å². The Balaban J connectivity index is 1.50. The molecule has 0 saturated carbocycles. The summed E-state index contributed by atoms with van der Waals surface area (Å²) < 4.78 is 5.39. The fourth-order valence-corrected chi connectivity index (χ4v) is 2.80. The van der Waals surface area contributed by atoms with Crippen molar-refractivity contribution in [3.05, 3.63) is 87.4 Å². The van der Waals surface area contributed by atoms with Gasteiger partial charge in [0.25, 0.3) is 5.91 Å². The molecule has 0 bridgehead atoms. The van der Waals surface area contributed by atoms with Crippen molar-refractivity contribution < 1.29 is 9.21 Å². The van der Waals surface area contributed by atoms with Crippen molar-refractivity contribution in [3.8, 4) is 11.3 Å². The minimum Gasteiger partial charge on any atom is -0.463 e. The molecule has 2 aromatic heterocycles. The molecule has 2 aromatic carbocycles. The summed E-state index contributed by atoms with van der Waals surface area (Å²) >= 11 is 5.92. The summed E-state index contributed by atoms with van der Waals surface area (Å²) in [7, 11) is 0. The maximum Gasteiger partial charge on any atom is 0.289 e. The van der Waals surface area contributed by atoms with Crippen molar-refractivity contribution in [2.45, 2.75) is 0 Å². The lowest BCUT2D eigenvalue weighted by atomic mass is 10.1. The van der Waals surface area contributed by atoms with Crippen LogP contribution in [0.15, 0.2) is 75.2 Å². The van der Waals surface area contributed by atoms with Gasteiger partial charge in [0.05, 0.1) is 22.9 Å². The Kier molecular flexibility index (Phi) is 4.74. The number of carbonyl (C=O) groups is 1. The molecule has 0 aliphatic carbocycles. The topological polar surface area (TPSA) is 100 Å². The smallest absolute Gasteiger partial charge is 0.289 e. The van der Waals surface area contributed by atoms with E-state index in [1.165, 1.54) is 18.5 Å². The van der Waals surface area contributed by atoms with Gasteiger partial charge >= 0.3 is 0 Å². The number of hydrogen-bond donors (Lipinski definition) is 2. The summed E-state index contributed by atoms with van der Waals surface area (Å²) in [4.78, 5) is 24.7. The third-order valence-corrected chi connectivity index (χ3v) is 4.26. The van der Waals surface area contributed by atoms with Crippen LogP contribution in [-0.2, 0) is 0 Å². The highest BCUT2D eigenvalue weighted by molar-refractivity contribution is 6.31. The number of carbonyl (C=O) groups excluding carboxylic acids is 1. The number of nitrogens with one attached hydrogen (secondary N) is 2. The average molecular weight is 393 g/mol. The molecule has 0 saturated heterocycles. The number of fused-ring (bicyclic) bond motifs is 1. The van der Waals surface area contributed by atoms with E-state index in [-0.39, 0.29) is 16.7 Å². The molecular weight excluding hydrogens is 380 g/mol. The largest absolute Gasteiger partial charge is 0.463 e. The van der Waals surface area contributed by atoms with E-state index in [9.17, 15) is 9.59 Å². The zero-order valence-corrected chi connectivity index (χ0v) is 15.1. The molecule has 0 fully saturated rings. The second-order valence-electron chi connectivity index (χ2n) is 5.89. The van der Waals surface area contributed by atoms with Gasteiger partial charge in [-0.15, -0.1) is 0 Å². The third-order valence-electron chi connectivity index (χ3n) is 4.02. The highest BCUT2D eigenvalue weighted by atomic mass is 35.5. The molecule has 4 aromatic rings. The van der Waals surface area contributed by atoms with Gasteiger partial charge in [-0.25, -0.2) is 5.43 Å². The molecule has 2 N–H and O–H groups in total. The van der Waals surface area contributed by atoms with E-state index >= 15 is 0 Å². The molecule has 8 heteroatoms. The molecule has 4 rings (SSSR count). The molecular formula is C20H13ClN4O3. The van der Waals surface area contributed by atoms with Crippen LogP contribution >= 0.6 is 11.6 Å². The standard InChI is InChI=1S/C20H13ClN4O3/c21-14-6-7-18-15(8-14)19(26)13(11-28-18)10-22-25-20(27)17-9-16(23-24-17)12-4-2-1-3-5-12/h1-11H,(H,23,24)(H,25,27)/b22-10+. The van der Waals surface area contributed by atoms with E-state index in [1.807, 2.05) is 30.3 Å². The Bertz CT molecular complexity index is 1250. The predicted octanol–water partition coefficient (Wildman–Crippen LogP) is 3.60. The normalized spacial score (nSPS) is 11.2. The molecule has 1 amide bonds. The third kappa shape index (κ3) is 3.56. The van der Waals surface area contributed by atoms with Gasteiger partial charge in [-0.1, -0.05) is 41.9 Å². The number of hydrazone groups is 1. The van der Waals surface area contributed by atoms with Crippen molar-refractivity contribution >= 4 is 34.7 Å². The first-order valence-corrected chi connectivity index (χ1v) is 8.65. The van der Waals surface area contributed by atoms with Gasteiger partial charge in [0.15, 0.2) is 0 Å². The molecule has 7 nitrogen and oxygen atoms in total. The molecule has 0 atom stereocenters. The molecule has 0 aliphatic heterocycles. The van der Waals surface area contributed by atoms with Crippen LogP contribution in [0.1, 0.15) is 16.1 Å². The Morgan fingerprint density at radius 2 is 2.00 bits per heavy atom. The van der Waals surface area contributed by atoms with Gasteiger partial charge in [0.2, 0.25) is 5.43 Å². The van der Waals surface area contributed by atoms with Crippen LogP contribution in [0.25, 0.3) is 22.2 Å². The molecule has 0 unspecified atom stereocenters.